The van der Waals surface area contributed by atoms with Crippen molar-refractivity contribution in [2.75, 3.05) is 6.54 Å². The van der Waals surface area contributed by atoms with Crippen LogP contribution in [-0.2, 0) is 10.0 Å². The first-order chi connectivity index (χ1) is 13.2. The quantitative estimate of drug-likeness (QED) is 0.738. The minimum atomic E-state index is -4.81. The molecule has 0 amide bonds. The van der Waals surface area contributed by atoms with E-state index in [9.17, 15) is 21.6 Å². The summed E-state index contributed by atoms with van der Waals surface area (Å²) in [6, 6.07) is 14.3. The molecule has 2 aromatic rings. The fourth-order valence-corrected chi connectivity index (χ4v) is 4.81. The molecule has 0 bridgehead atoms. The Morgan fingerprint density at radius 1 is 0.964 bits per heavy atom. The lowest BCUT2D eigenvalue weighted by Crippen LogP contribution is -2.33. The normalized spacial score (nSPS) is 20.7. The van der Waals surface area contributed by atoms with Crippen LogP contribution in [-0.4, -0.2) is 21.3 Å². The molecule has 2 aromatic carbocycles. The second-order valence-corrected chi connectivity index (χ2v) is 8.70. The van der Waals surface area contributed by atoms with E-state index in [2.05, 4.69) is 21.6 Å². The maximum absolute atomic E-state index is 12.5. The molecule has 3 rings (SSSR count). The van der Waals surface area contributed by atoms with E-state index in [0.717, 1.165) is 49.9 Å². The maximum atomic E-state index is 12.5. The van der Waals surface area contributed by atoms with Crippen molar-refractivity contribution in [3.8, 4) is 5.75 Å². The molecular weight excluding hydrogens is 391 g/mol. The van der Waals surface area contributed by atoms with Crippen molar-refractivity contribution in [3.05, 3.63) is 60.2 Å². The highest BCUT2D eigenvalue weighted by Crippen LogP contribution is 2.37. The lowest BCUT2D eigenvalue weighted by Gasteiger charge is -2.32. The zero-order chi connectivity index (χ0) is 20.2. The van der Waals surface area contributed by atoms with Gasteiger partial charge in [-0.1, -0.05) is 43.2 Å². The molecule has 1 saturated carbocycles. The number of nitrogens with one attached hydrogen (secondary N) is 1. The van der Waals surface area contributed by atoms with Gasteiger partial charge in [0.25, 0.3) is 0 Å². The third-order valence-electron chi connectivity index (χ3n) is 5.04. The first-order valence-corrected chi connectivity index (χ1v) is 10.6. The number of alkyl halides is 3. The summed E-state index contributed by atoms with van der Waals surface area (Å²) in [5.74, 6) is 0.0156. The maximum Gasteiger partial charge on any atom is 0.573 e. The molecule has 0 saturated heterocycles. The number of ether oxygens (including phenoxy) is 1. The third kappa shape index (κ3) is 5.48. The molecule has 8 heteroatoms. The van der Waals surface area contributed by atoms with Gasteiger partial charge in [0.15, 0.2) is 0 Å². The van der Waals surface area contributed by atoms with E-state index in [0.29, 0.717) is 12.5 Å². The number of hydrogen-bond donors (Lipinski definition) is 1. The van der Waals surface area contributed by atoms with E-state index in [1.165, 1.54) is 5.56 Å². The van der Waals surface area contributed by atoms with Crippen molar-refractivity contribution in [1.82, 2.24) is 4.72 Å². The van der Waals surface area contributed by atoms with Gasteiger partial charge in [-0.3, -0.25) is 0 Å². The zero-order valence-electron chi connectivity index (χ0n) is 15.2. The average molecular weight is 413 g/mol. The molecule has 28 heavy (non-hydrogen) atoms. The summed E-state index contributed by atoms with van der Waals surface area (Å²) >= 11 is 0. The van der Waals surface area contributed by atoms with Crippen LogP contribution in [0.15, 0.2) is 59.5 Å². The molecule has 4 nitrogen and oxygen atoms in total. The van der Waals surface area contributed by atoms with Crippen LogP contribution in [0.25, 0.3) is 0 Å². The second kappa shape index (κ2) is 8.53. The third-order valence-corrected chi connectivity index (χ3v) is 6.48. The van der Waals surface area contributed by atoms with Crippen LogP contribution in [0, 0.1) is 5.92 Å². The van der Waals surface area contributed by atoms with Crippen molar-refractivity contribution >= 4 is 10.0 Å². The number of rotatable bonds is 6. The SMILES string of the molecule is O=S(=O)(NCC1CCCCC1c1ccccc1)c1ccc(OC(F)(F)F)cc1. The highest BCUT2D eigenvalue weighted by Gasteiger charge is 2.31. The number of halogens is 3. The summed E-state index contributed by atoms with van der Waals surface area (Å²) < 4.78 is 68.2. The van der Waals surface area contributed by atoms with Gasteiger partial charge in [0, 0.05) is 6.54 Å². The summed E-state index contributed by atoms with van der Waals surface area (Å²) in [4.78, 5) is -0.0888. The molecule has 0 heterocycles. The number of hydrogen-bond acceptors (Lipinski definition) is 3. The first-order valence-electron chi connectivity index (χ1n) is 9.15. The second-order valence-electron chi connectivity index (χ2n) is 6.93. The highest BCUT2D eigenvalue weighted by atomic mass is 32.2. The molecule has 1 fully saturated rings. The van der Waals surface area contributed by atoms with Crippen LogP contribution in [0.5, 0.6) is 5.75 Å². The Hall–Kier alpha value is -2.06. The standard InChI is InChI=1S/C20H22F3NO3S/c21-20(22,23)27-17-10-12-18(13-11-17)28(25,26)24-14-16-8-4-5-9-19(16)15-6-2-1-3-7-15/h1-3,6-7,10-13,16,19,24H,4-5,8-9,14H2. The molecule has 1 N–H and O–H groups in total. The Labute approximate surface area is 162 Å². The van der Waals surface area contributed by atoms with Crippen LogP contribution in [0.4, 0.5) is 13.2 Å². The van der Waals surface area contributed by atoms with Gasteiger partial charge in [-0.25, -0.2) is 13.1 Å². The Morgan fingerprint density at radius 2 is 1.61 bits per heavy atom. The summed E-state index contributed by atoms with van der Waals surface area (Å²) in [5.41, 5.74) is 1.21. The molecule has 0 spiro atoms. The average Bonchev–Trinajstić information content (AvgIpc) is 2.66. The summed E-state index contributed by atoms with van der Waals surface area (Å²) in [6.07, 6.45) is -0.699. The Bertz CT molecular complexity index is 868. The van der Waals surface area contributed by atoms with Crippen LogP contribution in [0.3, 0.4) is 0 Å². The van der Waals surface area contributed by atoms with Gasteiger partial charge in [0.05, 0.1) is 4.90 Å². The minimum Gasteiger partial charge on any atom is -0.406 e. The van der Waals surface area contributed by atoms with Gasteiger partial charge in [0.1, 0.15) is 5.75 Å². The van der Waals surface area contributed by atoms with Gasteiger partial charge < -0.3 is 4.74 Å². The predicted molar refractivity (Wildman–Crippen MR) is 99.5 cm³/mol. The largest absolute Gasteiger partial charge is 0.573 e. The van der Waals surface area contributed by atoms with E-state index in [1.807, 2.05) is 18.2 Å². The van der Waals surface area contributed by atoms with Gasteiger partial charge in [-0.2, -0.15) is 0 Å². The number of sulfonamides is 1. The smallest absolute Gasteiger partial charge is 0.406 e. The Morgan fingerprint density at radius 3 is 2.25 bits per heavy atom. The Kier molecular flexibility index (Phi) is 6.30. The van der Waals surface area contributed by atoms with Crippen molar-refractivity contribution < 1.29 is 26.3 Å². The van der Waals surface area contributed by atoms with E-state index in [1.54, 1.807) is 0 Å². The zero-order valence-corrected chi connectivity index (χ0v) is 16.0. The van der Waals surface area contributed by atoms with E-state index in [-0.39, 0.29) is 10.8 Å². The highest BCUT2D eigenvalue weighted by molar-refractivity contribution is 7.89. The molecule has 0 aromatic heterocycles. The lowest BCUT2D eigenvalue weighted by molar-refractivity contribution is -0.274. The molecule has 1 aliphatic rings. The van der Waals surface area contributed by atoms with E-state index in [4.69, 9.17) is 0 Å². The molecule has 0 aliphatic heterocycles. The first kappa shape index (κ1) is 20.7. The molecular formula is C20H22F3NO3S. The molecule has 152 valence electrons. The van der Waals surface area contributed by atoms with Gasteiger partial charge in [-0.05, 0) is 54.5 Å². The molecule has 2 unspecified atom stereocenters. The summed E-state index contributed by atoms with van der Waals surface area (Å²) in [7, 11) is -3.81. The molecule has 1 aliphatic carbocycles. The van der Waals surface area contributed by atoms with Crippen LogP contribution < -0.4 is 9.46 Å². The van der Waals surface area contributed by atoms with Crippen LogP contribution in [0.2, 0.25) is 0 Å². The topological polar surface area (TPSA) is 55.4 Å². The fraction of sp³-hybridized carbons (Fsp3) is 0.400. The van der Waals surface area contributed by atoms with E-state index >= 15 is 0 Å². The minimum absolute atomic E-state index is 0.0888. The summed E-state index contributed by atoms with van der Waals surface area (Å²) in [5, 5.41) is 0. The van der Waals surface area contributed by atoms with Gasteiger partial charge in [0.2, 0.25) is 10.0 Å². The predicted octanol–water partition coefficient (Wildman–Crippen LogP) is 4.84. The van der Waals surface area contributed by atoms with Crippen molar-refractivity contribution in [3.63, 3.8) is 0 Å². The van der Waals surface area contributed by atoms with Crippen LogP contribution in [0.1, 0.15) is 37.2 Å². The van der Waals surface area contributed by atoms with Gasteiger partial charge in [-0.15, -0.1) is 13.2 Å². The molecule has 2 atom stereocenters. The lowest BCUT2D eigenvalue weighted by atomic mass is 9.75. The van der Waals surface area contributed by atoms with Crippen molar-refractivity contribution in [2.24, 2.45) is 5.92 Å². The monoisotopic (exact) mass is 413 g/mol. The van der Waals surface area contributed by atoms with Crippen molar-refractivity contribution in [2.45, 2.75) is 42.9 Å². The van der Waals surface area contributed by atoms with Gasteiger partial charge >= 0.3 is 6.36 Å². The van der Waals surface area contributed by atoms with Crippen LogP contribution >= 0.6 is 0 Å². The number of benzene rings is 2. The van der Waals surface area contributed by atoms with Crippen molar-refractivity contribution in [1.29, 1.82) is 0 Å². The van der Waals surface area contributed by atoms with E-state index < -0.39 is 22.1 Å². The summed E-state index contributed by atoms with van der Waals surface area (Å²) in [6.45, 7) is 0.294. The fourth-order valence-electron chi connectivity index (χ4n) is 3.71. The Balaban J connectivity index is 1.66. The molecule has 0 radical (unpaired) electrons.